The summed E-state index contributed by atoms with van der Waals surface area (Å²) in [5.74, 6) is -1.22. The predicted molar refractivity (Wildman–Crippen MR) is 118 cm³/mol. The molecule has 2 aromatic rings. The maximum Gasteiger partial charge on any atom is 0.338 e. The summed E-state index contributed by atoms with van der Waals surface area (Å²) >= 11 is 0. The largest absolute Gasteiger partial charge is 0.495 e. The van der Waals surface area contributed by atoms with Crippen molar-refractivity contribution in [1.29, 1.82) is 0 Å². The number of hydrogen-bond donors (Lipinski definition) is 2. The minimum Gasteiger partial charge on any atom is -0.495 e. The molecule has 0 saturated carbocycles. The van der Waals surface area contributed by atoms with E-state index in [4.69, 9.17) is 9.47 Å². The topological polar surface area (TPSA) is 111 Å². The van der Waals surface area contributed by atoms with Gasteiger partial charge in [0, 0.05) is 11.2 Å². The summed E-state index contributed by atoms with van der Waals surface area (Å²) in [6.45, 7) is 8.75. The van der Waals surface area contributed by atoms with E-state index in [0.29, 0.717) is 5.69 Å². The van der Waals surface area contributed by atoms with Crippen molar-refractivity contribution in [2.24, 2.45) is 0 Å². The van der Waals surface area contributed by atoms with Crippen molar-refractivity contribution >= 4 is 27.6 Å². The minimum atomic E-state index is -4.06. The Hall–Kier alpha value is -3.07. The molecule has 2 N–H and O–H groups in total. The van der Waals surface area contributed by atoms with E-state index in [2.05, 4.69) is 10.0 Å². The zero-order valence-corrected chi connectivity index (χ0v) is 19.3. The molecule has 0 saturated heterocycles. The molecule has 0 heterocycles. The molecule has 0 spiro atoms. The summed E-state index contributed by atoms with van der Waals surface area (Å²) in [7, 11) is -2.73. The van der Waals surface area contributed by atoms with Crippen molar-refractivity contribution in [3.8, 4) is 5.75 Å². The molecule has 1 atom stereocenters. The molecule has 9 heteroatoms. The van der Waals surface area contributed by atoms with Crippen LogP contribution in [0.3, 0.4) is 0 Å². The van der Waals surface area contributed by atoms with Crippen molar-refractivity contribution in [2.45, 2.75) is 51.2 Å². The molecular weight excluding hydrogens is 420 g/mol. The summed E-state index contributed by atoms with van der Waals surface area (Å²) < 4.78 is 38.7. The first-order valence-corrected chi connectivity index (χ1v) is 11.1. The smallest absolute Gasteiger partial charge is 0.338 e. The van der Waals surface area contributed by atoms with Crippen molar-refractivity contribution in [2.75, 3.05) is 11.8 Å². The molecule has 2 aromatic carbocycles. The zero-order valence-electron chi connectivity index (χ0n) is 18.5. The first kappa shape index (κ1) is 24.2. The second kappa shape index (κ2) is 9.38. The molecule has 0 aliphatic rings. The highest BCUT2D eigenvalue weighted by Gasteiger charge is 2.26. The fraction of sp³-hybridized carbons (Fsp3) is 0.364. The van der Waals surface area contributed by atoms with E-state index >= 15 is 0 Å². The number of anilines is 1. The Morgan fingerprint density at radius 2 is 1.65 bits per heavy atom. The van der Waals surface area contributed by atoms with Gasteiger partial charge in [-0.3, -0.25) is 9.52 Å². The molecular formula is C22H28N2O6S. The third kappa shape index (κ3) is 6.71. The van der Waals surface area contributed by atoms with Crippen LogP contribution in [0.1, 0.15) is 43.6 Å². The summed E-state index contributed by atoms with van der Waals surface area (Å²) in [5, 5.41) is 2.72. The lowest BCUT2D eigenvalue weighted by Gasteiger charge is -2.23. The van der Waals surface area contributed by atoms with Gasteiger partial charge in [0.2, 0.25) is 0 Å². The lowest BCUT2D eigenvalue weighted by Crippen LogP contribution is -2.46. The van der Waals surface area contributed by atoms with Crippen molar-refractivity contribution < 1.29 is 27.5 Å². The van der Waals surface area contributed by atoms with E-state index in [1.54, 1.807) is 45.0 Å². The van der Waals surface area contributed by atoms with E-state index in [0.717, 1.165) is 11.6 Å². The number of ether oxygens (including phenoxy) is 2. The van der Waals surface area contributed by atoms with Gasteiger partial charge >= 0.3 is 5.97 Å². The van der Waals surface area contributed by atoms with Crippen molar-refractivity contribution in [3.05, 3.63) is 53.6 Å². The van der Waals surface area contributed by atoms with Crippen LogP contribution < -0.4 is 14.8 Å². The van der Waals surface area contributed by atoms with E-state index in [1.807, 2.05) is 6.92 Å². The van der Waals surface area contributed by atoms with Crippen LogP contribution >= 0.6 is 0 Å². The number of nitrogens with one attached hydrogen (secondary N) is 2. The van der Waals surface area contributed by atoms with Crippen LogP contribution in [0.25, 0.3) is 0 Å². The molecule has 31 heavy (non-hydrogen) atoms. The number of esters is 1. The predicted octanol–water partition coefficient (Wildman–Crippen LogP) is 3.26. The monoisotopic (exact) mass is 448 g/mol. The number of carbonyl (C=O) groups is 2. The molecule has 0 aliphatic heterocycles. The first-order valence-electron chi connectivity index (χ1n) is 9.63. The molecule has 0 radical (unpaired) electrons. The number of sulfonamides is 1. The molecule has 1 unspecified atom stereocenters. The van der Waals surface area contributed by atoms with Crippen LogP contribution in [0.4, 0.5) is 5.69 Å². The van der Waals surface area contributed by atoms with E-state index < -0.39 is 33.5 Å². The van der Waals surface area contributed by atoms with Crippen LogP contribution in [0.15, 0.2) is 47.4 Å². The number of aryl methyl sites for hydroxylation is 1. The molecule has 168 valence electrons. The highest BCUT2D eigenvalue weighted by molar-refractivity contribution is 7.92. The molecule has 0 aliphatic carbocycles. The van der Waals surface area contributed by atoms with Crippen LogP contribution in [0.5, 0.6) is 5.75 Å². The van der Waals surface area contributed by atoms with Gasteiger partial charge in [0.1, 0.15) is 10.6 Å². The maximum atomic E-state index is 12.9. The number of benzene rings is 2. The van der Waals surface area contributed by atoms with E-state index in [9.17, 15) is 18.0 Å². The fourth-order valence-corrected chi connectivity index (χ4v) is 3.85. The summed E-state index contributed by atoms with van der Waals surface area (Å²) in [6.07, 6.45) is -1.06. The Labute approximate surface area is 183 Å². The Bertz CT molecular complexity index is 1060. The van der Waals surface area contributed by atoms with Gasteiger partial charge in [-0.05, 0) is 65.0 Å². The molecule has 0 fully saturated rings. The molecule has 1 amide bonds. The normalized spacial score (nSPS) is 12.6. The Balaban J connectivity index is 2.27. The third-order valence-corrected chi connectivity index (χ3v) is 5.55. The van der Waals surface area contributed by atoms with Crippen LogP contribution in [0.2, 0.25) is 0 Å². The van der Waals surface area contributed by atoms with Crippen LogP contribution in [-0.2, 0) is 19.6 Å². The van der Waals surface area contributed by atoms with Gasteiger partial charge in [0.05, 0.1) is 12.7 Å². The van der Waals surface area contributed by atoms with Gasteiger partial charge in [-0.1, -0.05) is 17.7 Å². The SMILES string of the molecule is COc1ccc(C(=O)OC(C)C(=O)NC(C)(C)C)cc1S(=O)(=O)Nc1ccc(C)cc1. The maximum absolute atomic E-state index is 12.9. The Morgan fingerprint density at radius 3 is 2.19 bits per heavy atom. The van der Waals surface area contributed by atoms with Gasteiger partial charge in [0.15, 0.2) is 6.10 Å². The molecule has 0 aromatic heterocycles. The first-order chi connectivity index (χ1) is 14.3. The second-order valence-electron chi connectivity index (χ2n) is 8.12. The average molecular weight is 449 g/mol. The average Bonchev–Trinajstić information content (AvgIpc) is 2.67. The Kier molecular flexibility index (Phi) is 7.32. The highest BCUT2D eigenvalue weighted by atomic mass is 32.2. The van der Waals surface area contributed by atoms with Crippen LogP contribution in [0, 0.1) is 6.92 Å². The lowest BCUT2D eigenvalue weighted by atomic mass is 10.1. The quantitative estimate of drug-likeness (QED) is 0.629. The lowest BCUT2D eigenvalue weighted by molar-refractivity contribution is -0.130. The van der Waals surface area contributed by atoms with Gasteiger partial charge in [-0.15, -0.1) is 0 Å². The summed E-state index contributed by atoms with van der Waals surface area (Å²) in [5.41, 5.74) is 0.837. The highest BCUT2D eigenvalue weighted by Crippen LogP contribution is 2.27. The Morgan fingerprint density at radius 1 is 1.03 bits per heavy atom. The van der Waals surface area contributed by atoms with Crippen molar-refractivity contribution in [1.82, 2.24) is 5.32 Å². The fourth-order valence-electron chi connectivity index (χ4n) is 2.60. The van der Waals surface area contributed by atoms with Gasteiger partial charge in [-0.2, -0.15) is 0 Å². The van der Waals surface area contributed by atoms with Gasteiger partial charge in [0.25, 0.3) is 15.9 Å². The molecule has 2 rings (SSSR count). The molecule has 0 bridgehead atoms. The summed E-state index contributed by atoms with van der Waals surface area (Å²) in [6, 6.07) is 10.7. The van der Waals surface area contributed by atoms with E-state index in [1.165, 1.54) is 26.2 Å². The number of rotatable bonds is 7. The van der Waals surface area contributed by atoms with Crippen LogP contribution in [-0.4, -0.2) is 39.0 Å². The number of hydrogen-bond acceptors (Lipinski definition) is 6. The third-order valence-electron chi connectivity index (χ3n) is 4.14. The second-order valence-corrected chi connectivity index (χ2v) is 9.77. The van der Waals surface area contributed by atoms with Gasteiger partial charge < -0.3 is 14.8 Å². The summed E-state index contributed by atoms with van der Waals surface area (Å²) in [4.78, 5) is 24.5. The molecule has 8 nitrogen and oxygen atoms in total. The zero-order chi connectivity index (χ0) is 23.4. The standard InChI is InChI=1S/C22H28N2O6S/c1-14-7-10-17(11-8-14)24-31(27,28)19-13-16(9-12-18(19)29-6)21(26)30-15(2)20(25)23-22(3,4)5/h7-13,15,24H,1-6H3,(H,23,25). The minimum absolute atomic E-state index is 0.0273. The number of methoxy groups -OCH3 is 1. The van der Waals surface area contributed by atoms with E-state index in [-0.39, 0.29) is 16.2 Å². The van der Waals surface area contributed by atoms with Crippen molar-refractivity contribution in [3.63, 3.8) is 0 Å². The number of carbonyl (C=O) groups excluding carboxylic acids is 2. The van der Waals surface area contributed by atoms with Gasteiger partial charge in [-0.25, -0.2) is 13.2 Å². The number of amides is 1.